The molecule has 4 heteroatoms. The minimum Gasteiger partial charge on any atom is -0.491 e. The fourth-order valence-electron chi connectivity index (χ4n) is 2.11. The van der Waals surface area contributed by atoms with Crippen LogP contribution in [0.2, 0.25) is 0 Å². The third-order valence-corrected chi connectivity index (χ3v) is 3.27. The van der Waals surface area contributed by atoms with Gasteiger partial charge in [-0.2, -0.15) is 0 Å². The Balaban J connectivity index is 1.92. The van der Waals surface area contributed by atoms with E-state index in [0.29, 0.717) is 18.8 Å². The second-order valence-electron chi connectivity index (χ2n) is 4.70. The number of anilines is 1. The van der Waals surface area contributed by atoms with Gasteiger partial charge in [0.2, 0.25) is 5.91 Å². The lowest BCUT2D eigenvalue weighted by molar-refractivity contribution is -0.118. The van der Waals surface area contributed by atoms with Gasteiger partial charge < -0.3 is 9.64 Å². The van der Waals surface area contributed by atoms with Crippen LogP contribution < -0.4 is 9.64 Å². The van der Waals surface area contributed by atoms with Crippen LogP contribution in [0.25, 0.3) is 0 Å². The molecule has 0 spiro atoms. The third-order valence-electron chi connectivity index (χ3n) is 3.27. The number of aromatic nitrogens is 1. The molecule has 1 aliphatic rings. The van der Waals surface area contributed by atoms with E-state index < -0.39 is 0 Å². The largest absolute Gasteiger partial charge is 0.491 e. The first-order valence-electron chi connectivity index (χ1n) is 6.70. The van der Waals surface area contributed by atoms with E-state index in [1.807, 2.05) is 36.4 Å². The highest BCUT2D eigenvalue weighted by Crippen LogP contribution is 2.31. The van der Waals surface area contributed by atoms with Gasteiger partial charge in [-0.05, 0) is 36.3 Å². The van der Waals surface area contributed by atoms with Gasteiger partial charge in [-0.15, -0.1) is 0 Å². The van der Waals surface area contributed by atoms with Crippen molar-refractivity contribution in [3.63, 3.8) is 0 Å². The number of nitrogens with zero attached hydrogens (tertiary/aromatic N) is 2. The van der Waals surface area contributed by atoms with Crippen molar-refractivity contribution in [2.75, 3.05) is 18.6 Å². The van der Waals surface area contributed by atoms with Gasteiger partial charge in [0, 0.05) is 18.8 Å². The van der Waals surface area contributed by atoms with Crippen LogP contribution in [-0.4, -0.2) is 24.5 Å². The predicted molar refractivity (Wildman–Crippen MR) is 80.2 cm³/mol. The molecule has 0 fully saturated rings. The number of hydrogen-bond acceptors (Lipinski definition) is 3. The Labute approximate surface area is 123 Å². The van der Waals surface area contributed by atoms with E-state index in [9.17, 15) is 4.79 Å². The molecule has 0 radical (unpaired) electrons. The molecule has 0 saturated carbocycles. The van der Waals surface area contributed by atoms with E-state index in [0.717, 1.165) is 16.9 Å². The first-order chi connectivity index (χ1) is 10.2. The van der Waals surface area contributed by atoms with Gasteiger partial charge in [0.25, 0.3) is 0 Å². The molecule has 0 bridgehead atoms. The van der Waals surface area contributed by atoms with E-state index in [2.05, 4.69) is 16.8 Å². The van der Waals surface area contributed by atoms with Crippen LogP contribution in [0.4, 0.5) is 5.69 Å². The number of carbonyl (C=O) groups excluding carboxylic acids is 1. The van der Waals surface area contributed by atoms with Crippen molar-refractivity contribution < 1.29 is 9.53 Å². The monoisotopic (exact) mass is 278 g/mol. The molecule has 1 aliphatic heterocycles. The molecule has 0 N–H and O–H groups in total. The second-order valence-corrected chi connectivity index (χ2v) is 4.70. The molecule has 1 aromatic carbocycles. The third kappa shape index (κ3) is 2.87. The van der Waals surface area contributed by atoms with Gasteiger partial charge in [-0.25, -0.2) is 4.98 Å². The lowest BCUT2D eigenvalue weighted by Crippen LogP contribution is -2.25. The number of ether oxygens (including phenoxy) is 1. The Morgan fingerprint density at radius 1 is 1.24 bits per heavy atom. The van der Waals surface area contributed by atoms with Gasteiger partial charge >= 0.3 is 0 Å². The SMILES string of the molecule is CN1C(=O)CCOc2cc(C#Cc3ccccn3)ccc21. The van der Waals surface area contributed by atoms with Crippen molar-refractivity contribution in [3.05, 3.63) is 53.9 Å². The summed E-state index contributed by atoms with van der Waals surface area (Å²) < 4.78 is 5.64. The molecular formula is C17H14N2O2. The zero-order valence-corrected chi connectivity index (χ0v) is 11.7. The van der Waals surface area contributed by atoms with Crippen LogP contribution in [0.5, 0.6) is 5.75 Å². The molecule has 0 atom stereocenters. The summed E-state index contributed by atoms with van der Waals surface area (Å²) in [5.41, 5.74) is 2.34. The highest BCUT2D eigenvalue weighted by atomic mass is 16.5. The molecule has 0 saturated heterocycles. The van der Waals surface area contributed by atoms with Gasteiger partial charge in [-0.1, -0.05) is 12.0 Å². The predicted octanol–water partition coefficient (Wildman–Crippen LogP) is 2.23. The Hall–Kier alpha value is -2.80. The number of benzene rings is 1. The van der Waals surface area contributed by atoms with Crippen molar-refractivity contribution in [1.82, 2.24) is 4.98 Å². The Morgan fingerprint density at radius 3 is 2.95 bits per heavy atom. The fraction of sp³-hybridized carbons (Fsp3) is 0.176. The van der Waals surface area contributed by atoms with Crippen molar-refractivity contribution in [1.29, 1.82) is 0 Å². The number of amides is 1. The molecule has 1 amide bonds. The number of hydrogen-bond donors (Lipinski definition) is 0. The summed E-state index contributed by atoms with van der Waals surface area (Å²) >= 11 is 0. The summed E-state index contributed by atoms with van der Waals surface area (Å²) in [7, 11) is 1.76. The van der Waals surface area contributed by atoms with E-state index in [1.165, 1.54) is 0 Å². The minimum atomic E-state index is 0.0565. The summed E-state index contributed by atoms with van der Waals surface area (Å²) in [5.74, 6) is 6.82. The van der Waals surface area contributed by atoms with E-state index in [-0.39, 0.29) is 5.91 Å². The summed E-state index contributed by atoms with van der Waals surface area (Å²) in [6.07, 6.45) is 2.10. The van der Waals surface area contributed by atoms with Crippen LogP contribution in [0.15, 0.2) is 42.6 Å². The lowest BCUT2D eigenvalue weighted by Gasteiger charge is -2.16. The fourth-order valence-corrected chi connectivity index (χ4v) is 2.11. The maximum absolute atomic E-state index is 11.8. The zero-order chi connectivity index (χ0) is 14.7. The van der Waals surface area contributed by atoms with Crippen LogP contribution in [0.3, 0.4) is 0 Å². The van der Waals surface area contributed by atoms with Gasteiger partial charge in [0.15, 0.2) is 0 Å². The van der Waals surface area contributed by atoms with Crippen molar-refractivity contribution in [3.8, 4) is 17.6 Å². The van der Waals surface area contributed by atoms with Gasteiger partial charge in [0.05, 0.1) is 18.7 Å². The van der Waals surface area contributed by atoms with Gasteiger partial charge in [-0.3, -0.25) is 4.79 Å². The molecule has 104 valence electrons. The number of pyridine rings is 1. The molecule has 0 unspecified atom stereocenters. The molecule has 21 heavy (non-hydrogen) atoms. The minimum absolute atomic E-state index is 0.0565. The molecule has 2 aromatic rings. The molecule has 1 aromatic heterocycles. The Kier molecular flexibility index (Phi) is 3.57. The van der Waals surface area contributed by atoms with E-state index in [1.54, 1.807) is 18.1 Å². The van der Waals surface area contributed by atoms with Crippen LogP contribution >= 0.6 is 0 Å². The summed E-state index contributed by atoms with van der Waals surface area (Å²) in [4.78, 5) is 17.6. The number of carbonyl (C=O) groups is 1. The highest BCUT2D eigenvalue weighted by Gasteiger charge is 2.19. The van der Waals surface area contributed by atoms with E-state index >= 15 is 0 Å². The quantitative estimate of drug-likeness (QED) is 0.694. The first kappa shape index (κ1) is 13.2. The first-order valence-corrected chi connectivity index (χ1v) is 6.70. The summed E-state index contributed by atoms with van der Waals surface area (Å²) in [6, 6.07) is 11.2. The summed E-state index contributed by atoms with van der Waals surface area (Å²) in [5, 5.41) is 0. The highest BCUT2D eigenvalue weighted by molar-refractivity contribution is 5.95. The van der Waals surface area contributed by atoms with Crippen molar-refractivity contribution >= 4 is 11.6 Å². The standard InChI is InChI=1S/C17H14N2O2/c1-19-15-8-6-13(5-7-14-4-2-3-10-18-14)12-16(15)21-11-9-17(19)20/h2-4,6,8,10,12H,9,11H2,1H3. The average Bonchev–Trinajstić information content (AvgIpc) is 2.66. The molecule has 3 rings (SSSR count). The molecule has 0 aliphatic carbocycles. The van der Waals surface area contributed by atoms with Gasteiger partial charge in [0.1, 0.15) is 11.4 Å². The van der Waals surface area contributed by atoms with Crippen LogP contribution in [-0.2, 0) is 4.79 Å². The molecule has 4 nitrogen and oxygen atoms in total. The van der Waals surface area contributed by atoms with Crippen molar-refractivity contribution in [2.24, 2.45) is 0 Å². The Bertz CT molecular complexity index is 729. The Morgan fingerprint density at radius 2 is 2.14 bits per heavy atom. The van der Waals surface area contributed by atoms with E-state index in [4.69, 9.17) is 4.74 Å². The average molecular weight is 278 g/mol. The number of rotatable bonds is 0. The normalized spacial score (nSPS) is 13.6. The van der Waals surface area contributed by atoms with Crippen LogP contribution in [0, 0.1) is 11.8 Å². The molecular weight excluding hydrogens is 264 g/mol. The van der Waals surface area contributed by atoms with Crippen molar-refractivity contribution in [2.45, 2.75) is 6.42 Å². The topological polar surface area (TPSA) is 42.4 Å². The maximum Gasteiger partial charge on any atom is 0.230 e. The number of fused-ring (bicyclic) bond motifs is 1. The molecule has 2 heterocycles. The second kappa shape index (κ2) is 5.68. The lowest BCUT2D eigenvalue weighted by atomic mass is 10.1. The summed E-state index contributed by atoms with van der Waals surface area (Å²) in [6.45, 7) is 0.396. The smallest absolute Gasteiger partial charge is 0.230 e. The maximum atomic E-state index is 11.8. The van der Waals surface area contributed by atoms with Crippen LogP contribution in [0.1, 0.15) is 17.7 Å². The zero-order valence-electron chi connectivity index (χ0n) is 11.7.